The van der Waals surface area contributed by atoms with Crippen LogP contribution in [0.25, 0.3) is 0 Å². The van der Waals surface area contributed by atoms with Crippen LogP contribution in [-0.2, 0) is 4.79 Å². The Hall–Kier alpha value is -1.46. The third-order valence-electron chi connectivity index (χ3n) is 3.32. The van der Waals surface area contributed by atoms with E-state index in [2.05, 4.69) is 5.32 Å². The van der Waals surface area contributed by atoms with Crippen LogP contribution in [0.1, 0.15) is 32.4 Å². The van der Waals surface area contributed by atoms with Crippen molar-refractivity contribution in [3.8, 4) is 0 Å². The van der Waals surface area contributed by atoms with Gasteiger partial charge in [-0.1, -0.05) is 12.1 Å². The van der Waals surface area contributed by atoms with E-state index in [0.29, 0.717) is 18.7 Å². The van der Waals surface area contributed by atoms with E-state index in [0.717, 1.165) is 0 Å². The van der Waals surface area contributed by atoms with Gasteiger partial charge in [0, 0.05) is 19.6 Å². The molecule has 1 aromatic rings. The van der Waals surface area contributed by atoms with E-state index in [1.807, 2.05) is 13.8 Å². The fraction of sp³-hybridized carbons (Fsp3) is 0.533. The molecule has 2 atom stereocenters. The molecule has 20 heavy (non-hydrogen) atoms. The molecule has 0 aromatic heterocycles. The summed E-state index contributed by atoms with van der Waals surface area (Å²) in [6.45, 7) is 7.23. The number of rotatable bonds is 7. The molecule has 2 unspecified atom stereocenters. The quantitative estimate of drug-likeness (QED) is 0.800. The van der Waals surface area contributed by atoms with Crippen LogP contribution in [0.2, 0.25) is 0 Å². The third kappa shape index (κ3) is 4.58. The second-order valence-electron chi connectivity index (χ2n) is 4.71. The van der Waals surface area contributed by atoms with Gasteiger partial charge in [0.15, 0.2) is 0 Å². The number of benzene rings is 1. The molecule has 0 saturated heterocycles. The number of hydrogen-bond acceptors (Lipinski definition) is 3. The van der Waals surface area contributed by atoms with Crippen molar-refractivity contribution < 1.29 is 14.3 Å². The Balaban J connectivity index is 2.49. The van der Waals surface area contributed by atoms with E-state index in [4.69, 9.17) is 0 Å². The van der Waals surface area contributed by atoms with Crippen LogP contribution in [0.15, 0.2) is 24.3 Å². The normalized spacial score (nSPS) is 13.8. The summed E-state index contributed by atoms with van der Waals surface area (Å²) in [7, 11) is 0. The maximum absolute atomic E-state index is 12.8. The molecule has 0 fully saturated rings. The highest BCUT2D eigenvalue weighted by Crippen LogP contribution is 2.12. The van der Waals surface area contributed by atoms with E-state index in [9.17, 15) is 14.3 Å². The molecule has 4 nitrogen and oxygen atoms in total. The smallest absolute Gasteiger partial charge is 0.239 e. The van der Waals surface area contributed by atoms with Gasteiger partial charge < -0.3 is 15.3 Å². The summed E-state index contributed by atoms with van der Waals surface area (Å²) >= 11 is 0. The average molecular weight is 282 g/mol. The number of halogens is 1. The number of hydrogen-bond donors (Lipinski definition) is 2. The Morgan fingerprint density at radius 2 is 1.85 bits per heavy atom. The van der Waals surface area contributed by atoms with Crippen molar-refractivity contribution in [1.82, 2.24) is 10.2 Å². The minimum absolute atomic E-state index is 0.0151. The Morgan fingerprint density at radius 1 is 1.30 bits per heavy atom. The maximum atomic E-state index is 12.8. The lowest BCUT2D eigenvalue weighted by Crippen LogP contribution is -2.45. The van der Waals surface area contributed by atoms with Crippen molar-refractivity contribution in [3.63, 3.8) is 0 Å². The van der Waals surface area contributed by atoms with E-state index < -0.39 is 6.10 Å². The third-order valence-corrected chi connectivity index (χ3v) is 3.32. The zero-order valence-corrected chi connectivity index (χ0v) is 12.3. The molecule has 0 bridgehead atoms. The second kappa shape index (κ2) is 7.97. The van der Waals surface area contributed by atoms with Gasteiger partial charge >= 0.3 is 0 Å². The molecule has 5 heteroatoms. The number of amides is 1. The first kappa shape index (κ1) is 16.6. The zero-order chi connectivity index (χ0) is 15.1. The standard InChI is InChI=1S/C15H23FN2O2/c1-4-18(5-2)15(20)11(3)17-10-14(19)12-6-8-13(16)9-7-12/h6-9,11,14,17,19H,4-5,10H2,1-3H3. The molecule has 1 aromatic carbocycles. The van der Waals surface area contributed by atoms with Crippen LogP contribution in [0.4, 0.5) is 4.39 Å². The van der Waals surface area contributed by atoms with Crippen LogP contribution in [0.5, 0.6) is 0 Å². The minimum atomic E-state index is -0.762. The van der Waals surface area contributed by atoms with Gasteiger partial charge in [-0.05, 0) is 38.5 Å². The molecule has 112 valence electrons. The summed E-state index contributed by atoms with van der Waals surface area (Å²) in [5.41, 5.74) is 0.626. The van der Waals surface area contributed by atoms with Crippen molar-refractivity contribution in [2.75, 3.05) is 19.6 Å². The van der Waals surface area contributed by atoms with Gasteiger partial charge in [0.2, 0.25) is 5.91 Å². The number of aliphatic hydroxyl groups is 1. The molecule has 0 aliphatic carbocycles. The highest BCUT2D eigenvalue weighted by molar-refractivity contribution is 5.81. The summed E-state index contributed by atoms with van der Waals surface area (Å²) in [5, 5.41) is 13.0. The summed E-state index contributed by atoms with van der Waals surface area (Å²) in [6.07, 6.45) is -0.762. The van der Waals surface area contributed by atoms with Crippen LogP contribution >= 0.6 is 0 Å². The molecule has 0 aliphatic heterocycles. The van der Waals surface area contributed by atoms with E-state index in [-0.39, 0.29) is 24.3 Å². The number of carbonyl (C=O) groups excluding carboxylic acids is 1. The van der Waals surface area contributed by atoms with E-state index in [1.165, 1.54) is 12.1 Å². The number of carbonyl (C=O) groups is 1. The summed E-state index contributed by atoms with van der Waals surface area (Å²) in [4.78, 5) is 13.8. The molecule has 0 spiro atoms. The number of likely N-dealkylation sites (N-methyl/N-ethyl adjacent to an activating group) is 1. The average Bonchev–Trinajstić information content (AvgIpc) is 2.46. The molecular weight excluding hydrogens is 259 g/mol. The fourth-order valence-corrected chi connectivity index (χ4v) is 1.99. The fourth-order valence-electron chi connectivity index (χ4n) is 1.99. The van der Waals surface area contributed by atoms with Gasteiger partial charge in [0.25, 0.3) is 0 Å². The van der Waals surface area contributed by atoms with Crippen LogP contribution in [0, 0.1) is 5.82 Å². The first-order valence-electron chi connectivity index (χ1n) is 6.95. The topological polar surface area (TPSA) is 52.6 Å². The van der Waals surface area contributed by atoms with Crippen molar-refractivity contribution in [3.05, 3.63) is 35.6 Å². The summed E-state index contributed by atoms with van der Waals surface area (Å²) in [5.74, 6) is -0.319. The monoisotopic (exact) mass is 282 g/mol. The maximum Gasteiger partial charge on any atom is 0.239 e. The van der Waals surface area contributed by atoms with Crippen molar-refractivity contribution in [1.29, 1.82) is 0 Å². The van der Waals surface area contributed by atoms with Crippen LogP contribution in [-0.4, -0.2) is 41.6 Å². The molecule has 0 saturated carbocycles. The Labute approximate surface area is 119 Å². The van der Waals surface area contributed by atoms with Gasteiger partial charge in [-0.15, -0.1) is 0 Å². The minimum Gasteiger partial charge on any atom is -0.387 e. The lowest BCUT2D eigenvalue weighted by Gasteiger charge is -2.24. The van der Waals surface area contributed by atoms with Crippen LogP contribution in [0.3, 0.4) is 0 Å². The van der Waals surface area contributed by atoms with Crippen LogP contribution < -0.4 is 5.32 Å². The second-order valence-corrected chi connectivity index (χ2v) is 4.71. The Morgan fingerprint density at radius 3 is 2.35 bits per heavy atom. The van der Waals surface area contributed by atoms with E-state index >= 15 is 0 Å². The summed E-state index contributed by atoms with van der Waals surface area (Å²) in [6, 6.07) is 5.34. The number of nitrogens with zero attached hydrogens (tertiary/aromatic N) is 1. The van der Waals surface area contributed by atoms with Crippen molar-refractivity contribution in [2.45, 2.75) is 32.9 Å². The molecule has 1 rings (SSSR count). The molecular formula is C15H23FN2O2. The molecule has 2 N–H and O–H groups in total. The largest absolute Gasteiger partial charge is 0.387 e. The molecule has 0 heterocycles. The number of nitrogens with one attached hydrogen (secondary N) is 1. The molecule has 0 radical (unpaired) electrons. The van der Waals surface area contributed by atoms with Gasteiger partial charge in [-0.3, -0.25) is 4.79 Å². The first-order chi connectivity index (χ1) is 9.49. The lowest BCUT2D eigenvalue weighted by molar-refractivity contribution is -0.132. The predicted octanol–water partition coefficient (Wildman–Crippen LogP) is 1.71. The molecule has 1 amide bonds. The lowest BCUT2D eigenvalue weighted by atomic mass is 10.1. The SMILES string of the molecule is CCN(CC)C(=O)C(C)NCC(O)c1ccc(F)cc1. The number of aliphatic hydroxyl groups excluding tert-OH is 1. The van der Waals surface area contributed by atoms with Gasteiger partial charge in [0.1, 0.15) is 5.82 Å². The van der Waals surface area contributed by atoms with E-state index in [1.54, 1.807) is 24.0 Å². The first-order valence-corrected chi connectivity index (χ1v) is 6.95. The van der Waals surface area contributed by atoms with Crippen molar-refractivity contribution in [2.24, 2.45) is 0 Å². The summed E-state index contributed by atoms with van der Waals surface area (Å²) < 4.78 is 12.8. The van der Waals surface area contributed by atoms with Crippen molar-refractivity contribution >= 4 is 5.91 Å². The zero-order valence-electron chi connectivity index (χ0n) is 12.3. The highest BCUT2D eigenvalue weighted by atomic mass is 19.1. The van der Waals surface area contributed by atoms with Gasteiger partial charge in [0.05, 0.1) is 12.1 Å². The Bertz CT molecular complexity index is 418. The predicted molar refractivity (Wildman–Crippen MR) is 76.8 cm³/mol. The van der Waals surface area contributed by atoms with Gasteiger partial charge in [-0.2, -0.15) is 0 Å². The Kier molecular flexibility index (Phi) is 6.61. The highest BCUT2D eigenvalue weighted by Gasteiger charge is 2.18. The van der Waals surface area contributed by atoms with Gasteiger partial charge in [-0.25, -0.2) is 4.39 Å². The molecule has 0 aliphatic rings.